The molecule has 1 N–H and O–H groups in total. The molecule has 2 heterocycles. The predicted molar refractivity (Wildman–Crippen MR) is 107 cm³/mol. The molecule has 2 fully saturated rings. The second kappa shape index (κ2) is 9.42. The average Bonchev–Trinajstić information content (AvgIpc) is 3.15. The summed E-state index contributed by atoms with van der Waals surface area (Å²) in [6, 6.07) is 5.92. The van der Waals surface area contributed by atoms with Crippen molar-refractivity contribution in [3.05, 3.63) is 23.8 Å². The lowest BCUT2D eigenvalue weighted by Crippen LogP contribution is -2.40. The number of likely N-dealkylation sites (N-methyl/N-ethyl adjacent to an activating group) is 1. The van der Waals surface area contributed by atoms with Crippen LogP contribution in [0.1, 0.15) is 43.0 Å². The Hall–Kier alpha value is -1.79. The van der Waals surface area contributed by atoms with Crippen molar-refractivity contribution in [3.63, 3.8) is 0 Å². The molecule has 0 spiro atoms. The van der Waals surface area contributed by atoms with Crippen LogP contribution in [0, 0.1) is 0 Å². The number of piperidine rings is 1. The molecule has 0 radical (unpaired) electrons. The summed E-state index contributed by atoms with van der Waals surface area (Å²) in [5.41, 5.74) is 0.614. The summed E-state index contributed by atoms with van der Waals surface area (Å²) in [5, 5.41) is 3.08. The molecule has 1 aromatic rings. The fourth-order valence-corrected chi connectivity index (χ4v) is 4.04. The first-order chi connectivity index (χ1) is 13.1. The summed E-state index contributed by atoms with van der Waals surface area (Å²) in [7, 11) is 3.76. The molecule has 6 nitrogen and oxygen atoms in total. The molecule has 150 valence electrons. The van der Waals surface area contributed by atoms with Crippen LogP contribution in [-0.2, 0) is 0 Å². The second-order valence-corrected chi connectivity index (χ2v) is 7.62. The standard InChI is InChI=1S/C21H33N3O3/c1-4-24-11-5-6-17(24)15-22-21(25)16-7-8-19(20(14-16)26-3)27-18-9-12-23(2)13-10-18/h7-8,14,17-18H,4-6,9-13,15H2,1-3H3,(H,22,25). The Labute approximate surface area is 162 Å². The van der Waals surface area contributed by atoms with E-state index in [4.69, 9.17) is 9.47 Å². The minimum absolute atomic E-state index is 0.0536. The SMILES string of the molecule is CCN1CCCC1CNC(=O)c1ccc(OC2CCN(C)CC2)c(OC)c1. The zero-order chi connectivity index (χ0) is 19.2. The van der Waals surface area contributed by atoms with Gasteiger partial charge in [0.2, 0.25) is 0 Å². The molecule has 0 aliphatic carbocycles. The number of carbonyl (C=O) groups excluding carboxylic acids is 1. The summed E-state index contributed by atoms with van der Waals surface area (Å²) in [6.45, 7) is 7.13. The van der Waals surface area contributed by atoms with E-state index >= 15 is 0 Å². The van der Waals surface area contributed by atoms with E-state index in [1.165, 1.54) is 6.42 Å². The molecule has 0 bridgehead atoms. The number of rotatable bonds is 7. The number of methoxy groups -OCH3 is 1. The summed E-state index contributed by atoms with van der Waals surface area (Å²) in [5.74, 6) is 1.29. The van der Waals surface area contributed by atoms with Crippen molar-refractivity contribution in [1.29, 1.82) is 0 Å². The number of likely N-dealkylation sites (tertiary alicyclic amines) is 2. The molecular weight excluding hydrogens is 342 g/mol. The van der Waals surface area contributed by atoms with Crippen LogP contribution in [-0.4, -0.2) is 74.7 Å². The fraction of sp³-hybridized carbons (Fsp3) is 0.667. The van der Waals surface area contributed by atoms with Crippen molar-refractivity contribution in [3.8, 4) is 11.5 Å². The van der Waals surface area contributed by atoms with Crippen LogP contribution in [0.2, 0.25) is 0 Å². The molecule has 1 aromatic carbocycles. The van der Waals surface area contributed by atoms with Gasteiger partial charge in [0.15, 0.2) is 11.5 Å². The van der Waals surface area contributed by atoms with Gasteiger partial charge < -0.3 is 19.7 Å². The van der Waals surface area contributed by atoms with E-state index in [1.807, 2.05) is 12.1 Å². The Kier molecular flexibility index (Phi) is 6.96. The highest BCUT2D eigenvalue weighted by atomic mass is 16.5. The van der Waals surface area contributed by atoms with Crippen LogP contribution in [0.15, 0.2) is 18.2 Å². The van der Waals surface area contributed by atoms with Crippen LogP contribution >= 0.6 is 0 Å². The average molecular weight is 376 g/mol. The quantitative estimate of drug-likeness (QED) is 0.793. The monoisotopic (exact) mass is 375 g/mol. The minimum atomic E-state index is -0.0536. The third-order valence-corrected chi connectivity index (χ3v) is 5.79. The predicted octanol–water partition coefficient (Wildman–Crippen LogP) is 2.38. The van der Waals surface area contributed by atoms with Gasteiger partial charge in [0.05, 0.1) is 7.11 Å². The van der Waals surface area contributed by atoms with Gasteiger partial charge in [-0.25, -0.2) is 0 Å². The molecule has 27 heavy (non-hydrogen) atoms. The van der Waals surface area contributed by atoms with Gasteiger partial charge in [0.25, 0.3) is 5.91 Å². The minimum Gasteiger partial charge on any atom is -0.493 e. The van der Waals surface area contributed by atoms with Gasteiger partial charge in [-0.05, 0) is 64.0 Å². The van der Waals surface area contributed by atoms with Crippen molar-refractivity contribution >= 4 is 5.91 Å². The first kappa shape index (κ1) is 20.0. The lowest BCUT2D eigenvalue weighted by molar-refractivity contribution is 0.0940. The largest absolute Gasteiger partial charge is 0.493 e. The number of ether oxygens (including phenoxy) is 2. The van der Waals surface area contributed by atoms with E-state index < -0.39 is 0 Å². The summed E-state index contributed by atoms with van der Waals surface area (Å²) < 4.78 is 11.6. The van der Waals surface area contributed by atoms with Crippen molar-refractivity contribution < 1.29 is 14.3 Å². The lowest BCUT2D eigenvalue weighted by atomic mass is 10.1. The topological polar surface area (TPSA) is 54.0 Å². The highest BCUT2D eigenvalue weighted by Gasteiger charge is 2.24. The Morgan fingerprint density at radius 1 is 1.19 bits per heavy atom. The Bertz CT molecular complexity index is 629. The highest BCUT2D eigenvalue weighted by Crippen LogP contribution is 2.30. The normalized spacial score (nSPS) is 22.0. The van der Waals surface area contributed by atoms with Crippen LogP contribution in [0.4, 0.5) is 0 Å². The zero-order valence-corrected chi connectivity index (χ0v) is 16.9. The molecule has 0 saturated carbocycles. The maximum absolute atomic E-state index is 12.6. The van der Waals surface area contributed by atoms with Gasteiger partial charge in [-0.15, -0.1) is 0 Å². The smallest absolute Gasteiger partial charge is 0.251 e. The number of hydrogen-bond acceptors (Lipinski definition) is 5. The van der Waals surface area contributed by atoms with Crippen LogP contribution in [0.25, 0.3) is 0 Å². The van der Waals surface area contributed by atoms with E-state index in [1.54, 1.807) is 13.2 Å². The third kappa shape index (κ3) is 5.14. The van der Waals surface area contributed by atoms with Gasteiger partial charge in [0, 0.05) is 31.2 Å². The van der Waals surface area contributed by atoms with Crippen molar-refractivity contribution in [2.45, 2.75) is 44.8 Å². The van der Waals surface area contributed by atoms with E-state index in [0.717, 1.165) is 51.2 Å². The molecule has 2 aliphatic rings. The molecule has 3 rings (SSSR count). The maximum Gasteiger partial charge on any atom is 0.251 e. The molecule has 2 saturated heterocycles. The molecule has 6 heteroatoms. The third-order valence-electron chi connectivity index (χ3n) is 5.79. The van der Waals surface area contributed by atoms with Crippen LogP contribution in [0.5, 0.6) is 11.5 Å². The number of nitrogens with one attached hydrogen (secondary N) is 1. The first-order valence-electron chi connectivity index (χ1n) is 10.2. The molecule has 2 aliphatic heterocycles. The fourth-order valence-electron chi connectivity index (χ4n) is 4.04. The molecular formula is C21H33N3O3. The molecule has 1 unspecified atom stereocenters. The summed E-state index contributed by atoms with van der Waals surface area (Å²) in [4.78, 5) is 17.3. The summed E-state index contributed by atoms with van der Waals surface area (Å²) in [6.07, 6.45) is 4.60. The Morgan fingerprint density at radius 3 is 2.67 bits per heavy atom. The Balaban J connectivity index is 1.58. The molecule has 1 atom stereocenters. The maximum atomic E-state index is 12.6. The zero-order valence-electron chi connectivity index (χ0n) is 16.9. The highest BCUT2D eigenvalue weighted by molar-refractivity contribution is 5.94. The van der Waals surface area contributed by atoms with Gasteiger partial charge in [0.1, 0.15) is 6.10 Å². The Morgan fingerprint density at radius 2 is 1.96 bits per heavy atom. The number of carbonyl (C=O) groups is 1. The van der Waals surface area contributed by atoms with Crippen molar-refractivity contribution in [2.24, 2.45) is 0 Å². The second-order valence-electron chi connectivity index (χ2n) is 7.62. The van der Waals surface area contributed by atoms with E-state index in [-0.39, 0.29) is 12.0 Å². The number of nitrogens with zero attached hydrogens (tertiary/aromatic N) is 2. The van der Waals surface area contributed by atoms with Crippen LogP contribution < -0.4 is 14.8 Å². The van der Waals surface area contributed by atoms with Gasteiger partial charge in [-0.1, -0.05) is 6.92 Å². The van der Waals surface area contributed by atoms with Crippen molar-refractivity contribution in [1.82, 2.24) is 15.1 Å². The number of amides is 1. The van der Waals surface area contributed by atoms with Gasteiger partial charge >= 0.3 is 0 Å². The number of benzene rings is 1. The van der Waals surface area contributed by atoms with Gasteiger partial charge in [-0.2, -0.15) is 0 Å². The van der Waals surface area contributed by atoms with Crippen molar-refractivity contribution in [2.75, 3.05) is 46.9 Å². The summed E-state index contributed by atoms with van der Waals surface area (Å²) >= 11 is 0. The first-order valence-corrected chi connectivity index (χ1v) is 10.2. The van der Waals surface area contributed by atoms with E-state index in [0.29, 0.717) is 23.9 Å². The van der Waals surface area contributed by atoms with E-state index in [9.17, 15) is 4.79 Å². The number of hydrogen-bond donors (Lipinski definition) is 1. The molecule has 0 aromatic heterocycles. The van der Waals surface area contributed by atoms with E-state index in [2.05, 4.69) is 29.1 Å². The van der Waals surface area contributed by atoms with Gasteiger partial charge in [-0.3, -0.25) is 9.69 Å². The molecule has 1 amide bonds. The lowest BCUT2D eigenvalue weighted by Gasteiger charge is -2.29. The van der Waals surface area contributed by atoms with Crippen LogP contribution in [0.3, 0.4) is 0 Å².